The highest BCUT2D eigenvalue weighted by Crippen LogP contribution is 2.21. The molecule has 0 heterocycles. The smallest absolute Gasteiger partial charge is 0.0361 e. The van der Waals surface area contributed by atoms with E-state index >= 15 is 0 Å². The molecule has 1 N–H and O–H groups in total. The summed E-state index contributed by atoms with van der Waals surface area (Å²) in [6, 6.07) is 10.2. The van der Waals surface area contributed by atoms with E-state index in [4.69, 9.17) is 5.73 Å². The SMILES string of the molecule is CC(C)([NH])CSc1ccccc1. The lowest BCUT2D eigenvalue weighted by molar-refractivity contribution is 0.569. The molecule has 1 aromatic rings. The third-order valence-electron chi connectivity index (χ3n) is 1.34. The van der Waals surface area contributed by atoms with Gasteiger partial charge in [-0.25, -0.2) is 0 Å². The molecule has 0 bridgehead atoms. The molecule has 0 aromatic heterocycles. The molecule has 0 fully saturated rings. The lowest BCUT2D eigenvalue weighted by Gasteiger charge is -2.15. The van der Waals surface area contributed by atoms with Crippen molar-refractivity contribution in [1.82, 2.24) is 5.73 Å². The molecule has 0 saturated heterocycles. The number of benzene rings is 1. The normalized spacial score (nSPS) is 11.6. The van der Waals surface area contributed by atoms with E-state index in [-0.39, 0.29) is 5.54 Å². The molecular formula is C10H14NS. The van der Waals surface area contributed by atoms with Crippen LogP contribution in [0.5, 0.6) is 0 Å². The molecule has 0 aliphatic heterocycles. The van der Waals surface area contributed by atoms with Crippen LogP contribution in [-0.2, 0) is 0 Å². The van der Waals surface area contributed by atoms with Gasteiger partial charge in [0.2, 0.25) is 0 Å². The second kappa shape index (κ2) is 3.97. The largest absolute Gasteiger partial charge is 0.251 e. The van der Waals surface area contributed by atoms with Gasteiger partial charge in [-0.3, -0.25) is 5.73 Å². The van der Waals surface area contributed by atoms with Gasteiger partial charge >= 0.3 is 0 Å². The first-order valence-corrected chi connectivity index (χ1v) is 4.99. The molecule has 1 aromatic carbocycles. The summed E-state index contributed by atoms with van der Waals surface area (Å²) >= 11 is 1.74. The highest BCUT2D eigenvalue weighted by molar-refractivity contribution is 7.99. The first-order valence-electron chi connectivity index (χ1n) is 4.01. The average Bonchev–Trinajstić information content (AvgIpc) is 2.02. The zero-order chi connectivity index (χ0) is 9.03. The van der Waals surface area contributed by atoms with E-state index in [0.29, 0.717) is 0 Å². The monoisotopic (exact) mass is 180 g/mol. The molecular weight excluding hydrogens is 166 g/mol. The van der Waals surface area contributed by atoms with Gasteiger partial charge in [0.1, 0.15) is 0 Å². The summed E-state index contributed by atoms with van der Waals surface area (Å²) in [6.45, 7) is 3.87. The third-order valence-corrected chi connectivity index (χ3v) is 2.81. The fourth-order valence-electron chi connectivity index (χ4n) is 0.780. The quantitative estimate of drug-likeness (QED) is 0.656. The van der Waals surface area contributed by atoms with E-state index in [1.54, 1.807) is 11.8 Å². The van der Waals surface area contributed by atoms with Crippen LogP contribution in [0.1, 0.15) is 13.8 Å². The van der Waals surface area contributed by atoms with Crippen LogP contribution >= 0.6 is 11.8 Å². The van der Waals surface area contributed by atoms with E-state index in [1.165, 1.54) is 4.90 Å². The van der Waals surface area contributed by atoms with Crippen molar-refractivity contribution in [2.45, 2.75) is 24.3 Å². The van der Waals surface area contributed by atoms with Gasteiger partial charge in [-0.2, -0.15) is 0 Å². The predicted molar refractivity (Wildman–Crippen MR) is 54.3 cm³/mol. The Morgan fingerprint density at radius 2 is 1.83 bits per heavy atom. The van der Waals surface area contributed by atoms with Crippen molar-refractivity contribution in [2.24, 2.45) is 0 Å². The Balaban J connectivity index is 2.44. The Hall–Kier alpha value is -0.470. The highest BCUT2D eigenvalue weighted by Gasteiger charge is 2.11. The minimum atomic E-state index is -0.333. The van der Waals surface area contributed by atoms with Gasteiger partial charge in [-0.15, -0.1) is 11.8 Å². The summed E-state index contributed by atoms with van der Waals surface area (Å²) in [5.41, 5.74) is 7.33. The molecule has 1 nitrogen and oxygen atoms in total. The first kappa shape index (κ1) is 9.62. The number of rotatable bonds is 3. The Morgan fingerprint density at radius 1 is 1.25 bits per heavy atom. The summed E-state index contributed by atoms with van der Waals surface area (Å²) in [6.07, 6.45) is 0. The van der Waals surface area contributed by atoms with E-state index < -0.39 is 0 Å². The molecule has 65 valence electrons. The second-order valence-electron chi connectivity index (χ2n) is 3.49. The van der Waals surface area contributed by atoms with Crippen LogP contribution in [0.4, 0.5) is 0 Å². The van der Waals surface area contributed by atoms with Gasteiger partial charge in [-0.05, 0) is 26.0 Å². The van der Waals surface area contributed by atoms with Crippen molar-refractivity contribution in [2.75, 3.05) is 5.75 Å². The van der Waals surface area contributed by atoms with E-state index in [1.807, 2.05) is 32.0 Å². The second-order valence-corrected chi connectivity index (χ2v) is 4.53. The zero-order valence-electron chi connectivity index (χ0n) is 7.50. The van der Waals surface area contributed by atoms with Crippen molar-refractivity contribution >= 4 is 11.8 Å². The maximum atomic E-state index is 7.66. The molecule has 2 heteroatoms. The van der Waals surface area contributed by atoms with Gasteiger partial charge in [0.15, 0.2) is 0 Å². The highest BCUT2D eigenvalue weighted by atomic mass is 32.2. The fourth-order valence-corrected chi connectivity index (χ4v) is 1.66. The molecule has 1 radical (unpaired) electrons. The van der Waals surface area contributed by atoms with E-state index in [9.17, 15) is 0 Å². The Labute approximate surface area is 78.4 Å². The van der Waals surface area contributed by atoms with Gasteiger partial charge < -0.3 is 0 Å². The summed E-state index contributed by atoms with van der Waals surface area (Å²) < 4.78 is 0. The van der Waals surface area contributed by atoms with Crippen molar-refractivity contribution in [3.8, 4) is 0 Å². The Bertz CT molecular complexity index is 225. The molecule has 0 saturated carbocycles. The van der Waals surface area contributed by atoms with Crippen LogP contribution in [0, 0.1) is 0 Å². The van der Waals surface area contributed by atoms with E-state index in [2.05, 4.69) is 12.1 Å². The fraction of sp³-hybridized carbons (Fsp3) is 0.400. The summed E-state index contributed by atoms with van der Waals surface area (Å²) in [7, 11) is 0. The molecule has 0 unspecified atom stereocenters. The topological polar surface area (TPSA) is 23.8 Å². The van der Waals surface area contributed by atoms with Crippen LogP contribution in [0.3, 0.4) is 0 Å². The minimum Gasteiger partial charge on any atom is -0.251 e. The number of nitrogens with one attached hydrogen (secondary N) is 1. The van der Waals surface area contributed by atoms with Gasteiger partial charge in [0, 0.05) is 16.2 Å². The maximum Gasteiger partial charge on any atom is 0.0361 e. The standard InChI is InChI=1S/C10H14NS/c1-10(2,11)8-12-9-6-4-3-5-7-9/h3-7,11H,8H2,1-2H3. The van der Waals surface area contributed by atoms with Crippen molar-refractivity contribution in [3.05, 3.63) is 30.3 Å². The van der Waals surface area contributed by atoms with Crippen molar-refractivity contribution in [1.29, 1.82) is 0 Å². The number of hydrogen-bond donors (Lipinski definition) is 0. The van der Waals surface area contributed by atoms with Crippen LogP contribution in [0.2, 0.25) is 0 Å². The van der Waals surface area contributed by atoms with Crippen molar-refractivity contribution < 1.29 is 0 Å². The first-order chi connectivity index (χ1) is 5.58. The molecule has 0 aliphatic carbocycles. The molecule has 0 amide bonds. The maximum absolute atomic E-state index is 7.66. The Kier molecular flexibility index (Phi) is 3.18. The molecule has 0 atom stereocenters. The van der Waals surface area contributed by atoms with Gasteiger partial charge in [0.05, 0.1) is 0 Å². The van der Waals surface area contributed by atoms with Crippen LogP contribution in [-0.4, -0.2) is 11.3 Å². The Morgan fingerprint density at radius 3 is 2.33 bits per heavy atom. The lowest BCUT2D eigenvalue weighted by Crippen LogP contribution is -2.24. The predicted octanol–water partition coefficient (Wildman–Crippen LogP) is 2.84. The van der Waals surface area contributed by atoms with Crippen LogP contribution in [0.25, 0.3) is 0 Å². The number of thioether (sulfide) groups is 1. The van der Waals surface area contributed by atoms with Crippen LogP contribution in [0.15, 0.2) is 35.2 Å². The molecule has 1 rings (SSSR count). The summed E-state index contributed by atoms with van der Waals surface area (Å²) in [4.78, 5) is 1.25. The zero-order valence-corrected chi connectivity index (χ0v) is 8.32. The lowest BCUT2D eigenvalue weighted by atomic mass is 10.1. The van der Waals surface area contributed by atoms with Crippen LogP contribution < -0.4 is 5.73 Å². The average molecular weight is 180 g/mol. The minimum absolute atomic E-state index is 0.333. The summed E-state index contributed by atoms with van der Waals surface area (Å²) in [5.74, 6) is 0.844. The molecule has 0 aliphatic rings. The van der Waals surface area contributed by atoms with Gasteiger partial charge in [0.25, 0.3) is 0 Å². The number of hydrogen-bond acceptors (Lipinski definition) is 1. The van der Waals surface area contributed by atoms with Gasteiger partial charge in [-0.1, -0.05) is 18.2 Å². The van der Waals surface area contributed by atoms with E-state index in [0.717, 1.165) is 5.75 Å². The molecule has 0 spiro atoms. The van der Waals surface area contributed by atoms with Crippen molar-refractivity contribution in [3.63, 3.8) is 0 Å². The summed E-state index contributed by atoms with van der Waals surface area (Å²) in [5, 5.41) is 0. The molecule has 12 heavy (non-hydrogen) atoms. The third kappa shape index (κ3) is 3.79.